The number of rotatable bonds is 3. The number of carbonyl (C=O) groups excluding carboxylic acids is 1. The predicted octanol–water partition coefficient (Wildman–Crippen LogP) is 4.08. The zero-order valence-corrected chi connectivity index (χ0v) is 9.92. The first-order chi connectivity index (χ1) is 8.38. The molecule has 1 aliphatic rings. The number of halogens is 3. The SMILES string of the molecule is Cc1ccc(C(=O)/C=C(\C2CC2)C(F)(F)F)cc1. The fraction of sp³-hybridized carbons (Fsp3) is 0.357. The Morgan fingerprint density at radius 2 is 1.78 bits per heavy atom. The molecule has 0 spiro atoms. The van der Waals surface area contributed by atoms with Gasteiger partial charge < -0.3 is 0 Å². The smallest absolute Gasteiger partial charge is 0.289 e. The summed E-state index contributed by atoms with van der Waals surface area (Å²) >= 11 is 0. The molecule has 1 saturated carbocycles. The topological polar surface area (TPSA) is 17.1 Å². The molecule has 4 heteroatoms. The highest BCUT2D eigenvalue weighted by atomic mass is 19.4. The van der Waals surface area contributed by atoms with Crippen molar-refractivity contribution >= 4 is 5.78 Å². The van der Waals surface area contributed by atoms with Crippen LogP contribution in [-0.2, 0) is 0 Å². The van der Waals surface area contributed by atoms with Gasteiger partial charge in [0.05, 0.1) is 0 Å². The lowest BCUT2D eigenvalue weighted by molar-refractivity contribution is -0.0955. The van der Waals surface area contributed by atoms with E-state index in [4.69, 9.17) is 0 Å². The molecule has 1 aliphatic carbocycles. The first-order valence-corrected chi connectivity index (χ1v) is 5.77. The lowest BCUT2D eigenvalue weighted by Gasteiger charge is -2.10. The average Bonchev–Trinajstić information content (AvgIpc) is 3.08. The summed E-state index contributed by atoms with van der Waals surface area (Å²) in [5.41, 5.74) is 0.574. The maximum Gasteiger partial charge on any atom is 0.413 e. The van der Waals surface area contributed by atoms with Gasteiger partial charge in [-0.25, -0.2) is 0 Å². The molecule has 0 amide bonds. The summed E-state index contributed by atoms with van der Waals surface area (Å²) in [6, 6.07) is 6.53. The van der Waals surface area contributed by atoms with Crippen molar-refractivity contribution in [2.75, 3.05) is 0 Å². The van der Waals surface area contributed by atoms with E-state index in [0.29, 0.717) is 18.4 Å². The number of aryl methyl sites for hydroxylation is 1. The van der Waals surface area contributed by atoms with Crippen LogP contribution in [0.2, 0.25) is 0 Å². The van der Waals surface area contributed by atoms with Crippen LogP contribution in [0.15, 0.2) is 35.9 Å². The highest BCUT2D eigenvalue weighted by Crippen LogP contribution is 2.44. The number of ketones is 1. The minimum absolute atomic E-state index is 0.294. The third-order valence-electron chi connectivity index (χ3n) is 2.97. The summed E-state index contributed by atoms with van der Waals surface area (Å²) in [4.78, 5) is 11.8. The Morgan fingerprint density at radius 1 is 1.22 bits per heavy atom. The van der Waals surface area contributed by atoms with E-state index in [-0.39, 0.29) is 0 Å². The summed E-state index contributed by atoms with van der Waals surface area (Å²) in [7, 11) is 0. The van der Waals surface area contributed by atoms with Gasteiger partial charge in [-0.3, -0.25) is 4.79 Å². The van der Waals surface area contributed by atoms with Crippen molar-refractivity contribution in [2.45, 2.75) is 25.9 Å². The summed E-state index contributed by atoms with van der Waals surface area (Å²) in [5.74, 6) is -1.06. The van der Waals surface area contributed by atoms with Crippen LogP contribution in [0.4, 0.5) is 13.2 Å². The number of benzene rings is 1. The van der Waals surface area contributed by atoms with Crippen molar-refractivity contribution in [3.8, 4) is 0 Å². The van der Waals surface area contributed by atoms with Gasteiger partial charge in [-0.2, -0.15) is 13.2 Å². The van der Waals surface area contributed by atoms with Crippen LogP contribution < -0.4 is 0 Å². The van der Waals surface area contributed by atoms with Gasteiger partial charge in [0.2, 0.25) is 0 Å². The van der Waals surface area contributed by atoms with Crippen molar-refractivity contribution in [1.82, 2.24) is 0 Å². The van der Waals surface area contributed by atoms with Crippen molar-refractivity contribution in [3.05, 3.63) is 47.0 Å². The second-order valence-corrected chi connectivity index (χ2v) is 4.60. The van der Waals surface area contributed by atoms with E-state index in [1.54, 1.807) is 24.3 Å². The molecular formula is C14H13F3O. The number of alkyl halides is 3. The standard InChI is InChI=1S/C14H13F3O/c1-9-2-4-11(5-3-9)13(18)8-12(10-6-7-10)14(15,16)17/h2-5,8,10H,6-7H2,1H3/b12-8+. The predicted molar refractivity (Wildman–Crippen MR) is 62.4 cm³/mol. The summed E-state index contributed by atoms with van der Waals surface area (Å²) in [6.07, 6.45) is -2.61. The molecule has 1 nitrogen and oxygen atoms in total. The minimum Gasteiger partial charge on any atom is -0.289 e. The highest BCUT2D eigenvalue weighted by molar-refractivity contribution is 6.05. The van der Waals surface area contributed by atoms with Gasteiger partial charge in [0.25, 0.3) is 0 Å². The molecule has 0 aliphatic heterocycles. The quantitative estimate of drug-likeness (QED) is 0.587. The van der Waals surface area contributed by atoms with Gasteiger partial charge in [-0.1, -0.05) is 29.8 Å². The van der Waals surface area contributed by atoms with Crippen LogP contribution >= 0.6 is 0 Å². The van der Waals surface area contributed by atoms with Crippen LogP contribution in [0.25, 0.3) is 0 Å². The van der Waals surface area contributed by atoms with E-state index in [9.17, 15) is 18.0 Å². The van der Waals surface area contributed by atoms with E-state index in [1.165, 1.54) is 0 Å². The second-order valence-electron chi connectivity index (χ2n) is 4.60. The Bertz CT molecular complexity index is 479. The van der Waals surface area contributed by atoms with Crippen LogP contribution in [0.3, 0.4) is 0 Å². The van der Waals surface area contributed by atoms with Crippen molar-refractivity contribution in [2.24, 2.45) is 5.92 Å². The number of allylic oxidation sites excluding steroid dienone is 2. The molecule has 0 unspecified atom stereocenters. The summed E-state index contributed by atoms with van der Waals surface area (Å²) in [5, 5.41) is 0. The monoisotopic (exact) mass is 254 g/mol. The first kappa shape index (κ1) is 12.9. The fourth-order valence-electron chi connectivity index (χ4n) is 1.77. The molecular weight excluding hydrogens is 241 g/mol. The molecule has 0 N–H and O–H groups in total. The van der Waals surface area contributed by atoms with Gasteiger partial charge in [0.15, 0.2) is 5.78 Å². The van der Waals surface area contributed by atoms with Crippen molar-refractivity contribution < 1.29 is 18.0 Å². The molecule has 0 heterocycles. The van der Waals surface area contributed by atoms with Gasteiger partial charge in [0, 0.05) is 11.1 Å². The molecule has 18 heavy (non-hydrogen) atoms. The molecule has 1 aromatic rings. The van der Waals surface area contributed by atoms with Crippen molar-refractivity contribution in [3.63, 3.8) is 0 Å². The van der Waals surface area contributed by atoms with Gasteiger partial charge >= 0.3 is 6.18 Å². The maximum absolute atomic E-state index is 12.7. The highest BCUT2D eigenvalue weighted by Gasteiger charge is 2.43. The molecule has 0 aromatic heterocycles. The lowest BCUT2D eigenvalue weighted by Crippen LogP contribution is -2.15. The molecule has 2 rings (SSSR count). The number of carbonyl (C=O) groups is 1. The number of hydrogen-bond acceptors (Lipinski definition) is 1. The van der Waals surface area contributed by atoms with Crippen molar-refractivity contribution in [1.29, 1.82) is 0 Å². The molecule has 0 saturated heterocycles. The van der Waals surface area contributed by atoms with Gasteiger partial charge in [-0.15, -0.1) is 0 Å². The Kier molecular flexibility index (Phi) is 3.28. The van der Waals surface area contributed by atoms with E-state index < -0.39 is 23.5 Å². The maximum atomic E-state index is 12.7. The van der Waals surface area contributed by atoms with Gasteiger partial charge in [0.1, 0.15) is 0 Å². The molecule has 96 valence electrons. The Hall–Kier alpha value is -1.58. The zero-order chi connectivity index (χ0) is 13.3. The van der Waals surface area contributed by atoms with E-state index in [1.807, 2.05) is 6.92 Å². The molecule has 0 atom stereocenters. The average molecular weight is 254 g/mol. The normalized spacial score (nSPS) is 16.8. The Balaban J connectivity index is 2.25. The Morgan fingerprint density at radius 3 is 2.22 bits per heavy atom. The minimum atomic E-state index is -4.40. The van der Waals surface area contributed by atoms with Crippen LogP contribution in [0.5, 0.6) is 0 Å². The first-order valence-electron chi connectivity index (χ1n) is 5.77. The number of hydrogen-bond donors (Lipinski definition) is 0. The fourth-order valence-corrected chi connectivity index (χ4v) is 1.77. The van der Waals surface area contributed by atoms with E-state index >= 15 is 0 Å². The summed E-state index contributed by atoms with van der Waals surface area (Å²) in [6.45, 7) is 1.86. The Labute approximate surface area is 103 Å². The molecule has 1 aromatic carbocycles. The lowest BCUT2D eigenvalue weighted by atomic mass is 10.0. The third-order valence-corrected chi connectivity index (χ3v) is 2.97. The molecule has 0 radical (unpaired) electrons. The van der Waals surface area contributed by atoms with Crippen LogP contribution in [0, 0.1) is 12.8 Å². The van der Waals surface area contributed by atoms with E-state index in [0.717, 1.165) is 11.6 Å². The van der Waals surface area contributed by atoms with E-state index in [2.05, 4.69) is 0 Å². The molecule has 1 fully saturated rings. The third kappa shape index (κ3) is 3.00. The van der Waals surface area contributed by atoms with Gasteiger partial charge in [-0.05, 0) is 31.8 Å². The van der Waals surface area contributed by atoms with Crippen LogP contribution in [-0.4, -0.2) is 12.0 Å². The molecule has 0 bridgehead atoms. The van der Waals surface area contributed by atoms with Crippen LogP contribution in [0.1, 0.15) is 28.8 Å². The largest absolute Gasteiger partial charge is 0.413 e. The second kappa shape index (κ2) is 4.59. The summed E-state index contributed by atoms with van der Waals surface area (Å²) < 4.78 is 38.2. The zero-order valence-electron chi connectivity index (χ0n) is 9.92.